The molecular formula is C54H45N5. The van der Waals surface area contributed by atoms with Crippen LogP contribution in [0.25, 0.3) is 89.2 Å². The normalized spacial score (nSPS) is 15.4. The van der Waals surface area contributed by atoms with Crippen LogP contribution < -0.4 is 0 Å². The molecule has 3 heterocycles. The molecular weight excluding hydrogens is 719 g/mol. The average Bonchev–Trinajstić information content (AvgIpc) is 3.80. The molecule has 0 saturated carbocycles. The number of hydrogen-bond acceptors (Lipinski definition) is 3. The lowest BCUT2D eigenvalue weighted by molar-refractivity contribution is 0.125. The molecule has 11 rings (SSSR count). The van der Waals surface area contributed by atoms with Crippen LogP contribution in [0, 0.1) is 5.41 Å². The minimum atomic E-state index is 0.0477. The van der Waals surface area contributed by atoms with Gasteiger partial charge in [0.15, 0.2) is 11.6 Å². The molecule has 0 spiro atoms. The first-order chi connectivity index (χ1) is 28.5. The second-order valence-electron chi connectivity index (χ2n) is 17.8. The molecule has 0 fully saturated rings. The van der Waals surface area contributed by atoms with Crippen molar-refractivity contribution in [2.45, 2.75) is 52.4 Å². The van der Waals surface area contributed by atoms with Crippen molar-refractivity contribution in [2.24, 2.45) is 5.41 Å². The Labute approximate surface area is 344 Å². The molecule has 0 aliphatic heterocycles. The lowest BCUT2D eigenvalue weighted by Crippen LogP contribution is -2.42. The van der Waals surface area contributed by atoms with Gasteiger partial charge in [0.05, 0.1) is 22.1 Å². The van der Waals surface area contributed by atoms with Gasteiger partial charge in [-0.3, -0.25) is 4.57 Å². The molecule has 0 unspecified atom stereocenters. The summed E-state index contributed by atoms with van der Waals surface area (Å²) in [5.41, 5.74) is 13.0. The Balaban J connectivity index is 1.11. The fraction of sp³-hybridized carbons (Fsp3) is 0.167. The largest absolute Gasteiger partial charge is 0.309 e. The summed E-state index contributed by atoms with van der Waals surface area (Å²) in [5, 5.41) is 4.73. The number of hydrogen-bond donors (Lipinski definition) is 0. The van der Waals surface area contributed by atoms with Crippen LogP contribution in [0.4, 0.5) is 0 Å². The summed E-state index contributed by atoms with van der Waals surface area (Å²) < 4.78 is 4.62. The van der Waals surface area contributed by atoms with E-state index < -0.39 is 0 Å². The molecule has 0 amide bonds. The molecule has 0 N–H and O–H groups in total. The number of rotatable bonds is 5. The van der Waals surface area contributed by atoms with Crippen molar-refractivity contribution in [1.82, 2.24) is 24.1 Å². The first kappa shape index (κ1) is 35.3. The first-order valence-corrected chi connectivity index (χ1v) is 20.6. The summed E-state index contributed by atoms with van der Waals surface area (Å²) in [5.74, 6) is 1.85. The molecule has 0 atom stereocenters. The summed E-state index contributed by atoms with van der Waals surface area (Å²) in [6, 6.07) is 58.6. The first-order valence-electron chi connectivity index (χ1n) is 20.6. The van der Waals surface area contributed by atoms with E-state index in [-0.39, 0.29) is 16.2 Å². The van der Waals surface area contributed by atoms with Crippen LogP contribution in [0.15, 0.2) is 164 Å². The van der Waals surface area contributed by atoms with Gasteiger partial charge < -0.3 is 4.57 Å². The topological polar surface area (TPSA) is 48.5 Å². The van der Waals surface area contributed by atoms with Gasteiger partial charge in [-0.25, -0.2) is 4.98 Å². The van der Waals surface area contributed by atoms with E-state index in [9.17, 15) is 0 Å². The van der Waals surface area contributed by atoms with Gasteiger partial charge in [0, 0.05) is 38.4 Å². The van der Waals surface area contributed by atoms with Crippen molar-refractivity contribution in [3.8, 4) is 45.5 Å². The van der Waals surface area contributed by atoms with E-state index in [4.69, 9.17) is 15.0 Å². The average molecular weight is 764 g/mol. The van der Waals surface area contributed by atoms with Crippen LogP contribution in [0.3, 0.4) is 0 Å². The van der Waals surface area contributed by atoms with Gasteiger partial charge in [-0.05, 0) is 74.9 Å². The van der Waals surface area contributed by atoms with Gasteiger partial charge in [0.25, 0.3) is 0 Å². The van der Waals surface area contributed by atoms with Crippen molar-refractivity contribution < 1.29 is 0 Å². The van der Waals surface area contributed by atoms with Crippen molar-refractivity contribution in [1.29, 1.82) is 0 Å². The van der Waals surface area contributed by atoms with Gasteiger partial charge >= 0.3 is 0 Å². The van der Waals surface area contributed by atoms with Crippen LogP contribution in [0.1, 0.15) is 52.7 Å². The second-order valence-corrected chi connectivity index (χ2v) is 17.8. The summed E-state index contributed by atoms with van der Waals surface area (Å²) >= 11 is 0. The third-order valence-electron chi connectivity index (χ3n) is 14.3. The number of aromatic nitrogens is 5. The van der Waals surface area contributed by atoms with Crippen LogP contribution in [-0.4, -0.2) is 24.1 Å². The van der Waals surface area contributed by atoms with E-state index in [0.29, 0.717) is 17.6 Å². The quantitative estimate of drug-likeness (QED) is 0.175. The maximum Gasteiger partial charge on any atom is 0.238 e. The van der Waals surface area contributed by atoms with Crippen molar-refractivity contribution in [3.05, 3.63) is 175 Å². The molecule has 286 valence electrons. The third-order valence-corrected chi connectivity index (χ3v) is 14.3. The molecule has 10 aromatic rings. The zero-order chi connectivity index (χ0) is 40.3. The Morgan fingerprint density at radius 3 is 1.44 bits per heavy atom. The minimum absolute atomic E-state index is 0.0477. The lowest BCUT2D eigenvalue weighted by atomic mass is 9.59. The van der Waals surface area contributed by atoms with E-state index in [1.165, 1.54) is 38.5 Å². The predicted molar refractivity (Wildman–Crippen MR) is 245 cm³/mol. The molecule has 0 bridgehead atoms. The summed E-state index contributed by atoms with van der Waals surface area (Å²) in [6.45, 7) is 14.5. The molecule has 5 heteroatoms. The Bertz CT molecular complexity index is 3220. The minimum Gasteiger partial charge on any atom is -0.309 e. The van der Waals surface area contributed by atoms with Gasteiger partial charge in [-0.15, -0.1) is 0 Å². The monoisotopic (exact) mass is 763 g/mol. The highest BCUT2D eigenvalue weighted by molar-refractivity contribution is 6.19. The van der Waals surface area contributed by atoms with Crippen LogP contribution >= 0.6 is 0 Å². The summed E-state index contributed by atoms with van der Waals surface area (Å²) in [6.07, 6.45) is 0. The van der Waals surface area contributed by atoms with Gasteiger partial charge in [-0.1, -0.05) is 169 Å². The Kier molecular flexibility index (Phi) is 7.53. The van der Waals surface area contributed by atoms with Crippen LogP contribution in [0.5, 0.6) is 0 Å². The highest BCUT2D eigenvalue weighted by Gasteiger charge is 2.56. The summed E-state index contributed by atoms with van der Waals surface area (Å²) in [4.78, 5) is 15.4. The molecule has 59 heavy (non-hydrogen) atoms. The van der Waals surface area contributed by atoms with E-state index in [1.807, 2.05) is 36.4 Å². The number of benzene rings is 7. The molecule has 7 aromatic carbocycles. The van der Waals surface area contributed by atoms with E-state index in [1.54, 1.807) is 0 Å². The molecule has 1 aliphatic carbocycles. The second kappa shape index (κ2) is 12.6. The van der Waals surface area contributed by atoms with Gasteiger partial charge in [0.2, 0.25) is 5.95 Å². The fourth-order valence-electron chi connectivity index (χ4n) is 9.87. The summed E-state index contributed by atoms with van der Waals surface area (Å²) in [7, 11) is 0. The van der Waals surface area contributed by atoms with E-state index >= 15 is 0 Å². The van der Waals surface area contributed by atoms with Crippen LogP contribution in [-0.2, 0) is 10.8 Å². The lowest BCUT2D eigenvalue weighted by Gasteiger charge is -2.44. The van der Waals surface area contributed by atoms with E-state index in [0.717, 1.165) is 44.1 Å². The van der Waals surface area contributed by atoms with Crippen molar-refractivity contribution >= 4 is 43.6 Å². The van der Waals surface area contributed by atoms with Gasteiger partial charge in [0.1, 0.15) is 0 Å². The molecule has 0 saturated heterocycles. The standard InChI is InChI=1S/C54H45N5/c1-52(2)43-30-27-37(31-44(43)53(3,4)54(52,5)6)34-25-28-38(29-26-34)58-45-23-15-13-21-39(45)41-32-42-40-22-14-16-24-46(40)59(48(42)33-47(41)58)51-56-49(35-17-9-7-10-18-35)55-50(57-51)36-19-11-8-12-20-36/h7-33H,1-6H3. The van der Waals surface area contributed by atoms with Crippen molar-refractivity contribution in [2.75, 3.05) is 0 Å². The number of nitrogens with zero attached hydrogens (tertiary/aromatic N) is 5. The Hall–Kier alpha value is -6.85. The zero-order valence-electron chi connectivity index (χ0n) is 34.3. The van der Waals surface area contributed by atoms with Crippen molar-refractivity contribution in [3.63, 3.8) is 0 Å². The molecule has 5 nitrogen and oxygen atoms in total. The van der Waals surface area contributed by atoms with Gasteiger partial charge in [-0.2, -0.15) is 9.97 Å². The fourth-order valence-corrected chi connectivity index (χ4v) is 9.87. The molecule has 0 radical (unpaired) electrons. The predicted octanol–water partition coefficient (Wildman–Crippen LogP) is 13.7. The number of fused-ring (bicyclic) bond motifs is 7. The highest BCUT2D eigenvalue weighted by Crippen LogP contribution is 2.61. The molecule has 1 aliphatic rings. The maximum absolute atomic E-state index is 5.19. The smallest absolute Gasteiger partial charge is 0.238 e. The SMILES string of the molecule is CC1(C)c2ccc(-c3ccc(-n4c5ccccc5c5cc6c7ccccc7n(-c7nc(-c8ccccc8)nc(-c8ccccc8)n7)c6cc54)cc3)cc2C(C)(C)C1(C)C. The molecule has 3 aromatic heterocycles. The zero-order valence-corrected chi connectivity index (χ0v) is 34.3. The Morgan fingerprint density at radius 1 is 0.356 bits per heavy atom. The van der Waals surface area contributed by atoms with Crippen LogP contribution in [0.2, 0.25) is 0 Å². The Morgan fingerprint density at radius 2 is 0.847 bits per heavy atom. The highest BCUT2D eigenvalue weighted by atomic mass is 15.2. The number of para-hydroxylation sites is 2. The third kappa shape index (κ3) is 5.07. The maximum atomic E-state index is 5.19. The van der Waals surface area contributed by atoms with E-state index in [2.05, 4.69) is 178 Å².